The maximum absolute atomic E-state index is 12.8. The highest BCUT2D eigenvalue weighted by molar-refractivity contribution is 5.79. The van der Waals surface area contributed by atoms with Gasteiger partial charge in [-0.1, -0.05) is 12.1 Å². The third-order valence-corrected chi connectivity index (χ3v) is 4.48. The molecule has 1 unspecified atom stereocenters. The number of carbonyl (C=O) groups is 1. The fourth-order valence-electron chi connectivity index (χ4n) is 3.16. The summed E-state index contributed by atoms with van der Waals surface area (Å²) in [5.41, 5.74) is 1.65. The molecule has 3 rings (SSSR count). The molecule has 1 atom stereocenters. The van der Waals surface area contributed by atoms with Crippen LogP contribution < -0.4 is 4.90 Å². The van der Waals surface area contributed by atoms with Crippen LogP contribution >= 0.6 is 0 Å². The van der Waals surface area contributed by atoms with Gasteiger partial charge in [-0.25, -0.2) is 9.97 Å². The minimum atomic E-state index is -0.0408. The topological polar surface area (TPSA) is 73.1 Å². The maximum Gasteiger partial charge on any atom is 0.227 e. The molecule has 25 heavy (non-hydrogen) atoms. The van der Waals surface area contributed by atoms with Crippen LogP contribution in [0.2, 0.25) is 0 Å². The Morgan fingerprint density at radius 3 is 2.72 bits per heavy atom. The molecule has 1 saturated heterocycles. The lowest BCUT2D eigenvalue weighted by Crippen LogP contribution is -2.44. The van der Waals surface area contributed by atoms with Gasteiger partial charge < -0.3 is 9.80 Å². The molecule has 1 amide bonds. The van der Waals surface area contributed by atoms with Crippen molar-refractivity contribution in [2.45, 2.75) is 19.4 Å². The lowest BCUT2D eigenvalue weighted by molar-refractivity contribution is -0.135. The van der Waals surface area contributed by atoms with Crippen LogP contribution in [0.15, 0.2) is 42.7 Å². The molecule has 0 saturated carbocycles. The first-order valence-corrected chi connectivity index (χ1v) is 8.43. The first-order chi connectivity index (χ1) is 12.2. The van der Waals surface area contributed by atoms with E-state index in [2.05, 4.69) is 20.9 Å². The van der Waals surface area contributed by atoms with Crippen LogP contribution in [0.3, 0.4) is 0 Å². The Hall–Kier alpha value is -2.94. The molecule has 0 N–H and O–H groups in total. The van der Waals surface area contributed by atoms with Gasteiger partial charge >= 0.3 is 0 Å². The van der Waals surface area contributed by atoms with Gasteiger partial charge in [0.25, 0.3) is 0 Å². The molecule has 1 aromatic heterocycles. The molecular weight excluding hydrogens is 314 g/mol. The third-order valence-electron chi connectivity index (χ3n) is 4.48. The van der Waals surface area contributed by atoms with E-state index in [-0.39, 0.29) is 11.8 Å². The van der Waals surface area contributed by atoms with Gasteiger partial charge in [0.15, 0.2) is 0 Å². The molecule has 1 aliphatic rings. The average molecular weight is 335 g/mol. The van der Waals surface area contributed by atoms with Crippen LogP contribution in [-0.4, -0.2) is 40.9 Å². The molecule has 6 heteroatoms. The van der Waals surface area contributed by atoms with E-state index in [1.165, 1.54) is 0 Å². The van der Waals surface area contributed by atoms with Crippen molar-refractivity contribution in [3.05, 3.63) is 53.9 Å². The number of nitrogens with zero attached hydrogens (tertiary/aromatic N) is 5. The third kappa shape index (κ3) is 4.13. The zero-order chi connectivity index (χ0) is 17.6. The van der Waals surface area contributed by atoms with Crippen LogP contribution in [0.1, 0.15) is 24.0 Å². The number of amides is 1. The predicted octanol–water partition coefficient (Wildman–Crippen LogP) is 2.22. The van der Waals surface area contributed by atoms with E-state index < -0.39 is 0 Å². The highest BCUT2D eigenvalue weighted by Crippen LogP contribution is 2.22. The van der Waals surface area contributed by atoms with E-state index in [0.717, 1.165) is 24.9 Å². The summed E-state index contributed by atoms with van der Waals surface area (Å²) in [6.45, 7) is 2.08. The van der Waals surface area contributed by atoms with Gasteiger partial charge in [-0.2, -0.15) is 5.26 Å². The predicted molar refractivity (Wildman–Crippen MR) is 94.6 cm³/mol. The van der Waals surface area contributed by atoms with Gasteiger partial charge in [0, 0.05) is 39.1 Å². The number of hydrogen-bond donors (Lipinski definition) is 0. The summed E-state index contributed by atoms with van der Waals surface area (Å²) < 4.78 is 0. The number of benzene rings is 1. The minimum absolute atomic E-state index is 0.0408. The van der Waals surface area contributed by atoms with Crippen molar-refractivity contribution in [3.8, 4) is 6.07 Å². The van der Waals surface area contributed by atoms with Crippen molar-refractivity contribution in [1.82, 2.24) is 14.9 Å². The molecular formula is C19H21N5O. The van der Waals surface area contributed by atoms with Crippen LogP contribution in [0.5, 0.6) is 0 Å². The number of rotatable bonds is 4. The van der Waals surface area contributed by atoms with Crippen LogP contribution in [0.25, 0.3) is 0 Å². The summed E-state index contributed by atoms with van der Waals surface area (Å²) in [5, 5.41) is 8.86. The van der Waals surface area contributed by atoms with E-state index in [9.17, 15) is 4.79 Å². The Balaban J connectivity index is 1.62. The number of hydrogen-bond acceptors (Lipinski definition) is 5. The molecule has 6 nitrogen and oxygen atoms in total. The molecule has 0 aliphatic carbocycles. The van der Waals surface area contributed by atoms with Crippen molar-refractivity contribution >= 4 is 11.9 Å². The Morgan fingerprint density at radius 2 is 2.04 bits per heavy atom. The molecule has 1 fully saturated rings. The van der Waals surface area contributed by atoms with Gasteiger partial charge in [-0.15, -0.1) is 0 Å². The fraction of sp³-hybridized carbons (Fsp3) is 0.368. The summed E-state index contributed by atoms with van der Waals surface area (Å²) in [7, 11) is 1.83. The smallest absolute Gasteiger partial charge is 0.227 e. The van der Waals surface area contributed by atoms with Crippen molar-refractivity contribution in [1.29, 1.82) is 5.26 Å². The zero-order valence-corrected chi connectivity index (χ0v) is 14.3. The zero-order valence-electron chi connectivity index (χ0n) is 14.3. The normalized spacial score (nSPS) is 17.0. The first kappa shape index (κ1) is 16.9. The SMILES string of the molecule is CN(Cc1ccc(C#N)cc1)C(=O)C1CCCN(c2ncccn2)C1. The Kier molecular flexibility index (Phi) is 5.24. The van der Waals surface area contributed by atoms with Crippen molar-refractivity contribution in [2.24, 2.45) is 5.92 Å². The molecule has 0 radical (unpaired) electrons. The first-order valence-electron chi connectivity index (χ1n) is 8.43. The molecule has 0 spiro atoms. The molecule has 2 aromatic rings. The van der Waals surface area contributed by atoms with Crippen LogP contribution in [-0.2, 0) is 11.3 Å². The monoisotopic (exact) mass is 335 g/mol. The van der Waals surface area contributed by atoms with Gasteiger partial charge in [0.05, 0.1) is 17.6 Å². The summed E-state index contributed by atoms with van der Waals surface area (Å²) in [5.74, 6) is 0.792. The summed E-state index contributed by atoms with van der Waals surface area (Å²) in [6.07, 6.45) is 5.30. The second-order valence-electron chi connectivity index (χ2n) is 6.34. The number of carbonyl (C=O) groups excluding carboxylic acids is 1. The van der Waals surface area contributed by atoms with E-state index in [4.69, 9.17) is 5.26 Å². The summed E-state index contributed by atoms with van der Waals surface area (Å²) >= 11 is 0. The van der Waals surface area contributed by atoms with Crippen molar-refractivity contribution < 1.29 is 4.79 Å². The molecule has 1 aromatic carbocycles. The fourth-order valence-corrected chi connectivity index (χ4v) is 3.16. The van der Waals surface area contributed by atoms with E-state index in [1.807, 2.05) is 19.2 Å². The maximum atomic E-state index is 12.8. The van der Waals surface area contributed by atoms with Gasteiger partial charge in [0.1, 0.15) is 0 Å². The van der Waals surface area contributed by atoms with Gasteiger partial charge in [-0.05, 0) is 36.6 Å². The molecule has 128 valence electrons. The summed E-state index contributed by atoms with van der Waals surface area (Å²) in [4.78, 5) is 25.2. The lowest BCUT2D eigenvalue weighted by atomic mass is 9.96. The van der Waals surface area contributed by atoms with E-state index in [1.54, 1.807) is 35.5 Å². The largest absolute Gasteiger partial charge is 0.341 e. The van der Waals surface area contributed by atoms with E-state index >= 15 is 0 Å². The van der Waals surface area contributed by atoms with E-state index in [0.29, 0.717) is 24.6 Å². The number of anilines is 1. The molecule has 2 heterocycles. The second kappa shape index (κ2) is 7.75. The Bertz CT molecular complexity index is 754. The van der Waals surface area contributed by atoms with Crippen LogP contribution in [0, 0.1) is 17.2 Å². The Morgan fingerprint density at radius 1 is 1.32 bits per heavy atom. The van der Waals surface area contributed by atoms with Crippen molar-refractivity contribution in [3.63, 3.8) is 0 Å². The Labute approximate surface area is 147 Å². The highest BCUT2D eigenvalue weighted by atomic mass is 16.2. The number of aromatic nitrogens is 2. The standard InChI is InChI=1S/C19H21N5O/c1-23(13-16-7-5-15(12-20)6-8-16)18(25)17-4-2-11-24(14-17)19-21-9-3-10-22-19/h3,5-10,17H,2,4,11,13-14H2,1H3. The average Bonchev–Trinajstić information content (AvgIpc) is 2.68. The number of piperidine rings is 1. The second-order valence-corrected chi connectivity index (χ2v) is 6.34. The van der Waals surface area contributed by atoms with Gasteiger partial charge in [-0.3, -0.25) is 4.79 Å². The van der Waals surface area contributed by atoms with Crippen molar-refractivity contribution in [2.75, 3.05) is 25.0 Å². The summed E-state index contributed by atoms with van der Waals surface area (Å²) in [6, 6.07) is 11.3. The number of nitriles is 1. The highest BCUT2D eigenvalue weighted by Gasteiger charge is 2.29. The quantitative estimate of drug-likeness (QED) is 0.856. The molecule has 0 bridgehead atoms. The van der Waals surface area contributed by atoms with Gasteiger partial charge in [0.2, 0.25) is 11.9 Å². The lowest BCUT2D eigenvalue weighted by Gasteiger charge is -2.34. The van der Waals surface area contributed by atoms with Crippen LogP contribution in [0.4, 0.5) is 5.95 Å². The minimum Gasteiger partial charge on any atom is -0.341 e. The molecule has 1 aliphatic heterocycles.